The van der Waals surface area contributed by atoms with Gasteiger partial charge in [-0.25, -0.2) is 8.78 Å². The van der Waals surface area contributed by atoms with Crippen LogP contribution in [-0.2, 0) is 6.42 Å². The van der Waals surface area contributed by atoms with Crippen LogP contribution in [0.1, 0.15) is 22.7 Å². The monoisotopic (exact) mass is 277 g/mol. The second-order valence-electron chi connectivity index (χ2n) is 4.80. The van der Waals surface area contributed by atoms with Crippen molar-refractivity contribution >= 4 is 0 Å². The third-order valence-electron chi connectivity index (χ3n) is 3.25. The van der Waals surface area contributed by atoms with E-state index in [2.05, 4.69) is 0 Å². The van der Waals surface area contributed by atoms with Crippen LogP contribution in [0.15, 0.2) is 36.4 Å². The molecule has 0 aliphatic rings. The molecule has 106 valence electrons. The fourth-order valence-electron chi connectivity index (χ4n) is 2.16. The summed E-state index contributed by atoms with van der Waals surface area (Å²) in [5, 5.41) is 0. The lowest BCUT2D eigenvalue weighted by atomic mass is 9.98. The van der Waals surface area contributed by atoms with Crippen LogP contribution in [0.2, 0.25) is 0 Å². The SMILES string of the molecule is COc1ccc(C)cc1CC(N)c1ccc(F)c(F)c1. The minimum atomic E-state index is -0.880. The normalized spacial score (nSPS) is 12.2. The van der Waals surface area contributed by atoms with Crippen molar-refractivity contribution in [2.75, 3.05) is 7.11 Å². The number of halogens is 2. The summed E-state index contributed by atoms with van der Waals surface area (Å²) in [6, 6.07) is 9.14. The summed E-state index contributed by atoms with van der Waals surface area (Å²) in [5.74, 6) is -1.00. The van der Waals surface area contributed by atoms with E-state index in [0.29, 0.717) is 12.0 Å². The Bertz CT molecular complexity index is 613. The van der Waals surface area contributed by atoms with Crippen LogP contribution in [0.25, 0.3) is 0 Å². The van der Waals surface area contributed by atoms with E-state index in [-0.39, 0.29) is 0 Å². The highest BCUT2D eigenvalue weighted by atomic mass is 19.2. The van der Waals surface area contributed by atoms with Crippen LogP contribution < -0.4 is 10.5 Å². The quantitative estimate of drug-likeness (QED) is 0.928. The van der Waals surface area contributed by atoms with Crippen molar-refractivity contribution in [2.45, 2.75) is 19.4 Å². The summed E-state index contributed by atoms with van der Waals surface area (Å²) >= 11 is 0. The smallest absolute Gasteiger partial charge is 0.159 e. The lowest BCUT2D eigenvalue weighted by molar-refractivity contribution is 0.408. The summed E-state index contributed by atoms with van der Waals surface area (Å²) < 4.78 is 31.4. The Morgan fingerprint density at radius 3 is 2.50 bits per heavy atom. The van der Waals surface area contributed by atoms with Gasteiger partial charge in [0.05, 0.1) is 7.11 Å². The fraction of sp³-hybridized carbons (Fsp3) is 0.250. The summed E-state index contributed by atoms with van der Waals surface area (Å²) in [5.41, 5.74) is 8.68. The van der Waals surface area contributed by atoms with E-state index in [0.717, 1.165) is 29.0 Å². The van der Waals surface area contributed by atoms with Crippen LogP contribution in [-0.4, -0.2) is 7.11 Å². The molecule has 0 fully saturated rings. The first kappa shape index (κ1) is 14.5. The molecule has 0 radical (unpaired) electrons. The lowest BCUT2D eigenvalue weighted by Gasteiger charge is -2.15. The summed E-state index contributed by atoms with van der Waals surface area (Å²) in [7, 11) is 1.59. The van der Waals surface area contributed by atoms with Gasteiger partial charge in [-0.15, -0.1) is 0 Å². The van der Waals surface area contributed by atoms with E-state index in [1.165, 1.54) is 6.07 Å². The van der Waals surface area contributed by atoms with Crippen LogP contribution in [0, 0.1) is 18.6 Å². The molecule has 0 saturated heterocycles. The second kappa shape index (κ2) is 6.01. The molecule has 20 heavy (non-hydrogen) atoms. The van der Waals surface area contributed by atoms with Gasteiger partial charge in [0.15, 0.2) is 11.6 Å². The van der Waals surface area contributed by atoms with Gasteiger partial charge in [-0.3, -0.25) is 0 Å². The molecule has 0 saturated carbocycles. The number of ether oxygens (including phenoxy) is 1. The number of methoxy groups -OCH3 is 1. The van der Waals surface area contributed by atoms with Gasteiger partial charge in [0.1, 0.15) is 5.75 Å². The van der Waals surface area contributed by atoms with Gasteiger partial charge in [0.25, 0.3) is 0 Å². The predicted octanol–water partition coefficient (Wildman–Crippen LogP) is 3.52. The summed E-state index contributed by atoms with van der Waals surface area (Å²) in [4.78, 5) is 0. The standard InChI is InChI=1S/C16H17F2NO/c1-10-3-6-16(20-2)12(7-10)9-15(19)11-4-5-13(17)14(18)8-11/h3-8,15H,9,19H2,1-2H3. The predicted molar refractivity (Wildman–Crippen MR) is 74.7 cm³/mol. The summed E-state index contributed by atoms with van der Waals surface area (Å²) in [6.07, 6.45) is 0.496. The molecule has 1 unspecified atom stereocenters. The van der Waals surface area contributed by atoms with Crippen molar-refractivity contribution in [2.24, 2.45) is 5.73 Å². The Labute approximate surface area is 117 Å². The van der Waals surface area contributed by atoms with Gasteiger partial charge in [0.2, 0.25) is 0 Å². The van der Waals surface area contributed by atoms with Crippen molar-refractivity contribution in [1.82, 2.24) is 0 Å². The van der Waals surface area contributed by atoms with Crippen molar-refractivity contribution in [3.05, 3.63) is 64.7 Å². The Kier molecular flexibility index (Phi) is 4.35. The van der Waals surface area contributed by atoms with Gasteiger partial charge in [0, 0.05) is 6.04 Å². The molecule has 0 amide bonds. The highest BCUT2D eigenvalue weighted by molar-refractivity contribution is 5.38. The van der Waals surface area contributed by atoms with E-state index < -0.39 is 17.7 Å². The van der Waals surface area contributed by atoms with E-state index in [9.17, 15) is 8.78 Å². The molecule has 0 aliphatic heterocycles. The van der Waals surface area contributed by atoms with Crippen molar-refractivity contribution in [1.29, 1.82) is 0 Å². The Balaban J connectivity index is 2.24. The number of benzene rings is 2. The molecule has 2 N–H and O–H groups in total. The Morgan fingerprint density at radius 1 is 1.10 bits per heavy atom. The van der Waals surface area contributed by atoms with Crippen LogP contribution in [0.4, 0.5) is 8.78 Å². The lowest BCUT2D eigenvalue weighted by Crippen LogP contribution is -2.14. The highest BCUT2D eigenvalue weighted by Crippen LogP contribution is 2.25. The molecule has 2 nitrogen and oxygen atoms in total. The first-order chi connectivity index (χ1) is 9.51. The van der Waals surface area contributed by atoms with Gasteiger partial charge in [-0.05, 0) is 42.7 Å². The molecule has 0 aliphatic carbocycles. The zero-order valence-electron chi connectivity index (χ0n) is 11.5. The zero-order chi connectivity index (χ0) is 14.7. The molecule has 2 rings (SSSR count). The molecule has 2 aromatic carbocycles. The number of hydrogen-bond donors (Lipinski definition) is 1. The van der Waals surface area contributed by atoms with Crippen molar-refractivity contribution < 1.29 is 13.5 Å². The molecule has 4 heteroatoms. The van der Waals surface area contributed by atoms with Crippen LogP contribution in [0.3, 0.4) is 0 Å². The van der Waals surface area contributed by atoms with E-state index in [4.69, 9.17) is 10.5 Å². The van der Waals surface area contributed by atoms with Crippen LogP contribution in [0.5, 0.6) is 5.75 Å². The molecule has 2 aromatic rings. The van der Waals surface area contributed by atoms with E-state index >= 15 is 0 Å². The maximum absolute atomic E-state index is 13.2. The third kappa shape index (κ3) is 3.14. The van der Waals surface area contributed by atoms with Crippen LogP contribution >= 0.6 is 0 Å². The molecule has 1 atom stereocenters. The second-order valence-corrected chi connectivity index (χ2v) is 4.80. The highest BCUT2D eigenvalue weighted by Gasteiger charge is 2.13. The Hall–Kier alpha value is -1.94. The topological polar surface area (TPSA) is 35.2 Å². The fourth-order valence-corrected chi connectivity index (χ4v) is 2.16. The minimum Gasteiger partial charge on any atom is -0.496 e. The first-order valence-electron chi connectivity index (χ1n) is 6.35. The van der Waals surface area contributed by atoms with E-state index in [1.54, 1.807) is 7.11 Å². The van der Waals surface area contributed by atoms with Gasteiger partial charge < -0.3 is 10.5 Å². The van der Waals surface area contributed by atoms with Gasteiger partial charge in [-0.1, -0.05) is 23.8 Å². The van der Waals surface area contributed by atoms with Gasteiger partial charge in [-0.2, -0.15) is 0 Å². The average molecular weight is 277 g/mol. The zero-order valence-corrected chi connectivity index (χ0v) is 11.5. The number of rotatable bonds is 4. The maximum atomic E-state index is 13.2. The minimum absolute atomic E-state index is 0.416. The molecular weight excluding hydrogens is 260 g/mol. The third-order valence-corrected chi connectivity index (χ3v) is 3.25. The average Bonchev–Trinajstić information content (AvgIpc) is 2.42. The van der Waals surface area contributed by atoms with Crippen molar-refractivity contribution in [3.63, 3.8) is 0 Å². The number of nitrogens with two attached hydrogens (primary N) is 1. The molecule has 0 heterocycles. The molecule has 0 aromatic heterocycles. The van der Waals surface area contributed by atoms with Gasteiger partial charge >= 0.3 is 0 Å². The van der Waals surface area contributed by atoms with Crippen molar-refractivity contribution in [3.8, 4) is 5.75 Å². The molecular formula is C16H17F2NO. The largest absolute Gasteiger partial charge is 0.496 e. The van der Waals surface area contributed by atoms with E-state index in [1.807, 2.05) is 25.1 Å². The first-order valence-corrected chi connectivity index (χ1v) is 6.35. The number of aryl methyl sites for hydroxylation is 1. The Morgan fingerprint density at radius 2 is 1.85 bits per heavy atom. The summed E-state index contributed by atoms with van der Waals surface area (Å²) in [6.45, 7) is 1.98. The maximum Gasteiger partial charge on any atom is 0.159 e. The molecule has 0 bridgehead atoms. The number of hydrogen-bond acceptors (Lipinski definition) is 2. The molecule has 0 spiro atoms.